The summed E-state index contributed by atoms with van der Waals surface area (Å²) < 4.78 is 18.8. The second-order valence-corrected chi connectivity index (χ2v) is 3.96. The van der Waals surface area contributed by atoms with E-state index in [2.05, 4.69) is 15.9 Å². The Morgan fingerprint density at radius 2 is 2.27 bits per heavy atom. The second kappa shape index (κ2) is 5.32. The van der Waals surface area contributed by atoms with E-state index in [9.17, 15) is 9.50 Å². The number of nitrogens with two attached hydrogens (primary N) is 1. The third-order valence-electron chi connectivity index (χ3n) is 2.08. The minimum atomic E-state index is -0.737. The van der Waals surface area contributed by atoms with E-state index in [0.717, 1.165) is 6.42 Å². The Bertz CT molecular complexity index is 358. The molecular formula is C10H13BrFNO2. The molecule has 0 aliphatic heterocycles. The summed E-state index contributed by atoms with van der Waals surface area (Å²) in [6.07, 6.45) is 1.36. The van der Waals surface area contributed by atoms with Gasteiger partial charge in [-0.05, 0) is 46.9 Å². The summed E-state index contributed by atoms with van der Waals surface area (Å²) in [5.41, 5.74) is 6.08. The predicted molar refractivity (Wildman–Crippen MR) is 59.7 cm³/mol. The molecule has 1 aromatic rings. The molecule has 0 heterocycles. The summed E-state index contributed by atoms with van der Waals surface area (Å²) in [5, 5.41) is 9.34. The molecule has 1 aromatic carbocycles. The quantitative estimate of drug-likeness (QED) is 0.887. The van der Waals surface area contributed by atoms with Crippen LogP contribution in [0, 0.1) is 5.82 Å². The average Bonchev–Trinajstić information content (AvgIpc) is 2.23. The maximum absolute atomic E-state index is 13.5. The number of aromatic hydroxyl groups is 1. The number of aryl methyl sites for hydroxylation is 1. The molecule has 5 heteroatoms. The summed E-state index contributed by atoms with van der Waals surface area (Å²) in [5.74, 6) is -1.08. The molecule has 3 N–H and O–H groups in total. The largest absolute Gasteiger partial charge is 0.504 e. The average molecular weight is 278 g/mol. The summed E-state index contributed by atoms with van der Waals surface area (Å²) in [6.45, 7) is 0.531. The van der Waals surface area contributed by atoms with Crippen molar-refractivity contribution in [1.29, 1.82) is 0 Å². The lowest BCUT2D eigenvalue weighted by Gasteiger charge is -2.11. The van der Waals surface area contributed by atoms with Crippen LogP contribution in [0.3, 0.4) is 0 Å². The second-order valence-electron chi connectivity index (χ2n) is 3.11. The molecule has 0 atom stereocenters. The minimum absolute atomic E-state index is 0.0872. The van der Waals surface area contributed by atoms with Gasteiger partial charge < -0.3 is 15.6 Å². The minimum Gasteiger partial charge on any atom is -0.504 e. The number of phenols is 1. The molecular weight excluding hydrogens is 265 g/mol. The summed E-state index contributed by atoms with van der Waals surface area (Å²) >= 11 is 3.08. The zero-order chi connectivity index (χ0) is 11.4. The summed E-state index contributed by atoms with van der Waals surface area (Å²) in [4.78, 5) is 0. The highest BCUT2D eigenvalue weighted by molar-refractivity contribution is 9.10. The van der Waals surface area contributed by atoms with E-state index in [4.69, 9.17) is 10.5 Å². The van der Waals surface area contributed by atoms with Crippen molar-refractivity contribution >= 4 is 15.9 Å². The van der Waals surface area contributed by atoms with Gasteiger partial charge in [0.05, 0.1) is 11.6 Å². The number of halogens is 2. The molecule has 0 aliphatic rings. The molecule has 0 aromatic heterocycles. The first kappa shape index (κ1) is 12.3. The normalized spacial score (nSPS) is 10.4. The van der Waals surface area contributed by atoms with Gasteiger partial charge in [-0.2, -0.15) is 4.39 Å². The lowest BCUT2D eigenvalue weighted by molar-refractivity contribution is 0.358. The Morgan fingerprint density at radius 1 is 1.60 bits per heavy atom. The highest BCUT2D eigenvalue weighted by atomic mass is 79.9. The fourth-order valence-electron chi connectivity index (χ4n) is 1.34. The Hall–Kier alpha value is -0.810. The van der Waals surface area contributed by atoms with Crippen molar-refractivity contribution in [3.63, 3.8) is 0 Å². The van der Waals surface area contributed by atoms with E-state index in [0.29, 0.717) is 23.0 Å². The highest BCUT2D eigenvalue weighted by Gasteiger charge is 2.16. The van der Waals surface area contributed by atoms with Gasteiger partial charge in [0.1, 0.15) is 0 Å². The molecule has 15 heavy (non-hydrogen) atoms. The molecule has 0 bridgehead atoms. The van der Waals surface area contributed by atoms with Crippen molar-refractivity contribution < 1.29 is 14.2 Å². The molecule has 0 spiro atoms. The smallest absolute Gasteiger partial charge is 0.208 e. The van der Waals surface area contributed by atoms with E-state index in [1.807, 2.05) is 0 Å². The molecule has 3 nitrogen and oxygen atoms in total. The Labute approximate surface area is 96.2 Å². The standard InChI is InChI=1S/C10H13BrFNO2/c1-15-10-6(3-2-4-13)5-7(11)9(14)8(10)12/h5,14H,2-4,13H2,1H3. The molecule has 0 fully saturated rings. The fraction of sp³-hybridized carbons (Fsp3) is 0.400. The Morgan fingerprint density at radius 3 is 2.80 bits per heavy atom. The number of benzene rings is 1. The van der Waals surface area contributed by atoms with Crippen LogP contribution in [0.1, 0.15) is 12.0 Å². The number of hydrogen-bond acceptors (Lipinski definition) is 3. The number of phenolic OH excluding ortho intramolecular Hbond substituents is 1. The Kier molecular flexibility index (Phi) is 4.35. The van der Waals surface area contributed by atoms with Crippen LogP contribution in [0.5, 0.6) is 11.5 Å². The van der Waals surface area contributed by atoms with Gasteiger partial charge >= 0.3 is 0 Å². The van der Waals surface area contributed by atoms with Crippen molar-refractivity contribution in [3.8, 4) is 11.5 Å². The van der Waals surface area contributed by atoms with E-state index >= 15 is 0 Å². The van der Waals surface area contributed by atoms with Crippen LogP contribution in [-0.2, 0) is 6.42 Å². The summed E-state index contributed by atoms with van der Waals surface area (Å²) in [7, 11) is 1.37. The van der Waals surface area contributed by atoms with Crippen molar-refractivity contribution in [2.24, 2.45) is 5.73 Å². The zero-order valence-corrected chi connectivity index (χ0v) is 9.97. The number of ether oxygens (including phenoxy) is 1. The monoisotopic (exact) mass is 277 g/mol. The SMILES string of the molecule is COc1c(CCCN)cc(Br)c(O)c1F. The van der Waals surface area contributed by atoms with E-state index in [1.165, 1.54) is 7.11 Å². The van der Waals surface area contributed by atoms with E-state index in [1.54, 1.807) is 6.07 Å². The Balaban J connectivity index is 3.13. The van der Waals surface area contributed by atoms with Gasteiger partial charge in [0.15, 0.2) is 11.5 Å². The van der Waals surface area contributed by atoms with Crippen LogP contribution in [0.4, 0.5) is 4.39 Å². The van der Waals surface area contributed by atoms with Crippen LogP contribution in [0.2, 0.25) is 0 Å². The van der Waals surface area contributed by atoms with Crippen LogP contribution in [-0.4, -0.2) is 18.8 Å². The third kappa shape index (κ3) is 2.60. The lowest BCUT2D eigenvalue weighted by atomic mass is 10.1. The van der Waals surface area contributed by atoms with Crippen LogP contribution in [0.15, 0.2) is 10.5 Å². The summed E-state index contributed by atoms with van der Waals surface area (Å²) in [6, 6.07) is 1.65. The molecule has 0 aliphatic carbocycles. The third-order valence-corrected chi connectivity index (χ3v) is 2.68. The van der Waals surface area contributed by atoms with Crippen molar-refractivity contribution in [1.82, 2.24) is 0 Å². The molecule has 0 unspecified atom stereocenters. The van der Waals surface area contributed by atoms with Gasteiger partial charge in [-0.15, -0.1) is 0 Å². The molecule has 0 radical (unpaired) electrons. The maximum atomic E-state index is 13.5. The molecule has 84 valence electrons. The number of hydrogen-bond donors (Lipinski definition) is 2. The first-order valence-electron chi connectivity index (χ1n) is 4.55. The van der Waals surface area contributed by atoms with Crippen LogP contribution < -0.4 is 10.5 Å². The zero-order valence-electron chi connectivity index (χ0n) is 8.39. The lowest BCUT2D eigenvalue weighted by Crippen LogP contribution is -2.03. The van der Waals surface area contributed by atoms with Gasteiger partial charge in [-0.25, -0.2) is 0 Å². The maximum Gasteiger partial charge on any atom is 0.208 e. The first-order valence-corrected chi connectivity index (χ1v) is 5.35. The van der Waals surface area contributed by atoms with E-state index < -0.39 is 11.6 Å². The molecule has 0 saturated carbocycles. The van der Waals surface area contributed by atoms with Gasteiger partial charge in [0, 0.05) is 0 Å². The topological polar surface area (TPSA) is 55.5 Å². The van der Waals surface area contributed by atoms with Gasteiger partial charge in [0.25, 0.3) is 0 Å². The van der Waals surface area contributed by atoms with Gasteiger partial charge in [0.2, 0.25) is 5.82 Å². The van der Waals surface area contributed by atoms with Crippen molar-refractivity contribution in [2.75, 3.05) is 13.7 Å². The number of methoxy groups -OCH3 is 1. The van der Waals surface area contributed by atoms with Gasteiger partial charge in [-0.3, -0.25) is 0 Å². The van der Waals surface area contributed by atoms with Crippen molar-refractivity contribution in [2.45, 2.75) is 12.8 Å². The molecule has 0 saturated heterocycles. The first-order chi connectivity index (χ1) is 7.11. The molecule has 0 amide bonds. The number of rotatable bonds is 4. The van der Waals surface area contributed by atoms with Gasteiger partial charge in [-0.1, -0.05) is 0 Å². The predicted octanol–water partition coefficient (Wildman–Crippen LogP) is 2.19. The fourth-order valence-corrected chi connectivity index (χ4v) is 1.79. The van der Waals surface area contributed by atoms with Crippen LogP contribution in [0.25, 0.3) is 0 Å². The highest BCUT2D eigenvalue weighted by Crippen LogP contribution is 2.36. The molecule has 1 rings (SSSR count). The van der Waals surface area contributed by atoms with Crippen molar-refractivity contribution in [3.05, 3.63) is 21.9 Å². The van der Waals surface area contributed by atoms with E-state index in [-0.39, 0.29) is 5.75 Å². The van der Waals surface area contributed by atoms with Crippen LogP contribution >= 0.6 is 15.9 Å².